The van der Waals surface area contributed by atoms with Gasteiger partial charge >= 0.3 is 0 Å². The second-order valence-corrected chi connectivity index (χ2v) is 0.908. The van der Waals surface area contributed by atoms with Crippen LogP contribution in [-0.4, -0.2) is 5.78 Å². The molecule has 0 atom stereocenters. The van der Waals surface area contributed by atoms with Crippen LogP contribution in [0.5, 0.6) is 0 Å². The minimum atomic E-state index is 0. The molecule has 0 aliphatic carbocycles. The summed E-state index contributed by atoms with van der Waals surface area (Å²) in [4.78, 5) is 9.44. The standard InChI is InChI=1S/C3H6O.C2H5.Zr/c1-3(2)4;1-2;/h1-2H3;1H2,2H3;/q;-1;. The first-order valence-corrected chi connectivity index (χ1v) is 1.91. The Bertz CT molecular complexity index is 31.1. The van der Waals surface area contributed by atoms with Crippen molar-refractivity contribution in [2.75, 3.05) is 0 Å². The molecule has 7 heavy (non-hydrogen) atoms. The molecule has 0 saturated heterocycles. The van der Waals surface area contributed by atoms with Gasteiger partial charge in [0.05, 0.1) is 0 Å². The fourth-order valence-electron chi connectivity index (χ4n) is 0. The summed E-state index contributed by atoms with van der Waals surface area (Å²) < 4.78 is 0. The van der Waals surface area contributed by atoms with Gasteiger partial charge in [-0.25, -0.2) is 0 Å². The molecule has 0 amide bonds. The minimum Gasteiger partial charge on any atom is -0.346 e. The van der Waals surface area contributed by atoms with Crippen molar-refractivity contribution in [3.63, 3.8) is 0 Å². The van der Waals surface area contributed by atoms with Gasteiger partial charge in [-0.15, -0.1) is 0 Å². The molecule has 0 rings (SSSR count). The molecule has 42 valence electrons. The van der Waals surface area contributed by atoms with Gasteiger partial charge < -0.3 is 11.7 Å². The van der Waals surface area contributed by atoms with Gasteiger partial charge in [0.15, 0.2) is 0 Å². The van der Waals surface area contributed by atoms with Gasteiger partial charge in [0.1, 0.15) is 5.78 Å². The van der Waals surface area contributed by atoms with E-state index >= 15 is 0 Å². The first-order chi connectivity index (χ1) is 2.73. The third-order valence-electron chi connectivity index (χ3n) is 0. The van der Waals surface area contributed by atoms with Crippen LogP contribution in [0.4, 0.5) is 0 Å². The summed E-state index contributed by atoms with van der Waals surface area (Å²) in [5.74, 6) is 0.167. The molecule has 0 aromatic carbocycles. The number of hydrogen-bond acceptors (Lipinski definition) is 1. The summed E-state index contributed by atoms with van der Waals surface area (Å²) in [7, 11) is 0. The molecule has 0 aromatic rings. The molecule has 0 N–H and O–H groups in total. The van der Waals surface area contributed by atoms with Crippen LogP contribution in [0.1, 0.15) is 20.8 Å². The average molecular weight is 178 g/mol. The van der Waals surface area contributed by atoms with Gasteiger partial charge in [0.2, 0.25) is 0 Å². The summed E-state index contributed by atoms with van der Waals surface area (Å²) in [6, 6.07) is 0. The molecule has 0 radical (unpaired) electrons. The van der Waals surface area contributed by atoms with Gasteiger partial charge in [-0.1, -0.05) is 0 Å². The molecular weight excluding hydrogens is 167 g/mol. The summed E-state index contributed by atoms with van der Waals surface area (Å²) in [5.41, 5.74) is 0. The number of rotatable bonds is 0. The van der Waals surface area contributed by atoms with E-state index in [0.29, 0.717) is 0 Å². The summed E-state index contributed by atoms with van der Waals surface area (Å²) in [5, 5.41) is 0. The number of ketones is 1. The van der Waals surface area contributed by atoms with E-state index in [2.05, 4.69) is 6.92 Å². The molecule has 0 aromatic heterocycles. The van der Waals surface area contributed by atoms with E-state index in [-0.39, 0.29) is 32.0 Å². The van der Waals surface area contributed by atoms with Crippen molar-refractivity contribution in [2.24, 2.45) is 0 Å². The Morgan fingerprint density at radius 3 is 1.29 bits per heavy atom. The summed E-state index contributed by atoms with van der Waals surface area (Å²) in [6.07, 6.45) is 0. The second-order valence-electron chi connectivity index (χ2n) is 0.908. The maximum Gasteiger partial charge on any atom is 0.126 e. The Hall–Kier alpha value is 0.553. The van der Waals surface area contributed by atoms with Crippen molar-refractivity contribution >= 4 is 5.78 Å². The monoisotopic (exact) mass is 177 g/mol. The van der Waals surface area contributed by atoms with Crippen LogP contribution in [0, 0.1) is 6.92 Å². The zero-order valence-electron chi connectivity index (χ0n) is 5.12. The number of hydrogen-bond donors (Lipinski definition) is 0. The van der Waals surface area contributed by atoms with Crippen LogP contribution in [0.3, 0.4) is 0 Å². The average Bonchev–Trinajstić information content (AvgIpc) is 1.41. The van der Waals surface area contributed by atoms with Crippen molar-refractivity contribution in [3.8, 4) is 0 Å². The molecule has 0 saturated carbocycles. The van der Waals surface area contributed by atoms with Gasteiger partial charge in [-0.2, -0.15) is 6.92 Å². The smallest absolute Gasteiger partial charge is 0.126 e. The maximum atomic E-state index is 9.44. The van der Waals surface area contributed by atoms with E-state index in [4.69, 9.17) is 0 Å². The topological polar surface area (TPSA) is 17.1 Å². The van der Waals surface area contributed by atoms with Crippen LogP contribution >= 0.6 is 0 Å². The van der Waals surface area contributed by atoms with Crippen molar-refractivity contribution in [1.29, 1.82) is 0 Å². The maximum absolute atomic E-state index is 9.44. The first kappa shape index (κ1) is 15.6. The number of carbonyl (C=O) groups is 1. The third kappa shape index (κ3) is 444. The molecule has 0 heterocycles. The predicted molar refractivity (Wildman–Crippen MR) is 27.4 cm³/mol. The molecule has 0 bridgehead atoms. The van der Waals surface area contributed by atoms with Crippen LogP contribution in [0.2, 0.25) is 0 Å². The van der Waals surface area contributed by atoms with Gasteiger partial charge in [0, 0.05) is 26.2 Å². The van der Waals surface area contributed by atoms with Crippen LogP contribution in [0.25, 0.3) is 0 Å². The molecule has 0 aliphatic heterocycles. The van der Waals surface area contributed by atoms with Gasteiger partial charge in [0.25, 0.3) is 0 Å². The summed E-state index contributed by atoms with van der Waals surface area (Å²) >= 11 is 0. The fourth-order valence-corrected chi connectivity index (χ4v) is 0. The van der Waals surface area contributed by atoms with Crippen LogP contribution in [-0.2, 0) is 31.0 Å². The molecule has 0 aliphatic rings. The SMILES string of the molecule is CC(C)=O.[CH2-]C.[Zr]. The zero-order valence-corrected chi connectivity index (χ0v) is 7.57. The van der Waals surface area contributed by atoms with Crippen molar-refractivity contribution in [3.05, 3.63) is 6.92 Å². The fraction of sp³-hybridized carbons (Fsp3) is 0.600. The third-order valence-corrected chi connectivity index (χ3v) is 0. The second kappa shape index (κ2) is 16.0. The molecule has 0 spiro atoms. The predicted octanol–water partition coefficient (Wildman–Crippen LogP) is 1.43. The van der Waals surface area contributed by atoms with Crippen molar-refractivity contribution in [2.45, 2.75) is 20.8 Å². The van der Waals surface area contributed by atoms with E-state index in [0.717, 1.165) is 0 Å². The Morgan fingerprint density at radius 1 is 1.29 bits per heavy atom. The normalized spacial score (nSPS) is 4.57. The Morgan fingerprint density at radius 2 is 1.29 bits per heavy atom. The molecule has 0 unspecified atom stereocenters. The summed E-state index contributed by atoms with van der Waals surface area (Å²) in [6.45, 7) is 8.06. The first-order valence-electron chi connectivity index (χ1n) is 1.91. The van der Waals surface area contributed by atoms with E-state index < -0.39 is 0 Å². The van der Waals surface area contributed by atoms with Crippen molar-refractivity contribution in [1.82, 2.24) is 0 Å². The molecule has 1 nitrogen and oxygen atoms in total. The molecule has 0 fully saturated rings. The minimum absolute atomic E-state index is 0. The van der Waals surface area contributed by atoms with E-state index in [1.54, 1.807) is 6.92 Å². The van der Waals surface area contributed by atoms with Crippen molar-refractivity contribution < 1.29 is 31.0 Å². The van der Waals surface area contributed by atoms with E-state index in [1.165, 1.54) is 13.8 Å². The Kier molecular flexibility index (Phi) is 35.8. The van der Waals surface area contributed by atoms with E-state index in [9.17, 15) is 4.79 Å². The quantitative estimate of drug-likeness (QED) is 0.513. The Labute approximate surface area is 64.6 Å². The largest absolute Gasteiger partial charge is 0.346 e. The molecule has 2 heteroatoms. The van der Waals surface area contributed by atoms with E-state index in [1.807, 2.05) is 0 Å². The van der Waals surface area contributed by atoms with Gasteiger partial charge in [-0.3, -0.25) is 0 Å². The number of carbonyl (C=O) groups excluding carboxylic acids is 1. The Balaban J connectivity index is -0.0000000480. The van der Waals surface area contributed by atoms with Crippen LogP contribution < -0.4 is 0 Å². The van der Waals surface area contributed by atoms with Crippen LogP contribution in [0.15, 0.2) is 0 Å². The number of Topliss-reactive ketones (excluding diaryl/α,β-unsaturated/α-hetero) is 1. The molecular formula is C5H11OZr-. The van der Waals surface area contributed by atoms with Gasteiger partial charge in [-0.05, 0) is 13.8 Å². The zero-order chi connectivity index (χ0) is 5.58.